The minimum absolute atomic E-state index is 0.192. The third kappa shape index (κ3) is 5.95. The van der Waals surface area contributed by atoms with Crippen molar-refractivity contribution < 1.29 is 4.79 Å². The van der Waals surface area contributed by atoms with Crippen molar-refractivity contribution in [2.75, 3.05) is 11.9 Å². The van der Waals surface area contributed by atoms with E-state index in [1.165, 1.54) is 11.1 Å². The number of anilines is 1. The van der Waals surface area contributed by atoms with E-state index in [1.807, 2.05) is 0 Å². The molecule has 0 heterocycles. The molecule has 2 aromatic carbocycles. The topological polar surface area (TPSA) is 41.1 Å². The third-order valence-corrected chi connectivity index (χ3v) is 3.93. The molecule has 0 atom stereocenters. The normalized spacial score (nSPS) is 10.6. The molecule has 23 heavy (non-hydrogen) atoms. The molecule has 2 N–H and O–H groups in total. The first kappa shape index (κ1) is 17.4. The van der Waals surface area contributed by atoms with Crippen LogP contribution in [0.25, 0.3) is 0 Å². The quantitative estimate of drug-likeness (QED) is 0.701. The average Bonchev–Trinajstić information content (AvgIpc) is 2.54. The van der Waals surface area contributed by atoms with Crippen LogP contribution in [-0.4, -0.2) is 12.6 Å². The van der Waals surface area contributed by atoms with Crippen molar-refractivity contribution in [1.82, 2.24) is 5.32 Å². The van der Waals surface area contributed by atoms with Gasteiger partial charge in [0.2, 0.25) is 0 Å². The molecule has 0 aliphatic rings. The molecule has 2 aromatic rings. The van der Waals surface area contributed by atoms with Crippen molar-refractivity contribution in [3.05, 3.63) is 64.7 Å². The van der Waals surface area contributed by atoms with Crippen LogP contribution in [0.2, 0.25) is 5.02 Å². The van der Waals surface area contributed by atoms with Crippen LogP contribution in [0.1, 0.15) is 37.3 Å². The Hall–Kier alpha value is -2.00. The van der Waals surface area contributed by atoms with Crippen LogP contribution >= 0.6 is 11.6 Å². The van der Waals surface area contributed by atoms with Crippen molar-refractivity contribution in [1.29, 1.82) is 0 Å². The Morgan fingerprint density at radius 3 is 2.30 bits per heavy atom. The number of amides is 2. The molecule has 3 nitrogen and oxygen atoms in total. The number of rotatable bonds is 6. The minimum Gasteiger partial charge on any atom is -0.338 e. The lowest BCUT2D eigenvalue weighted by Crippen LogP contribution is -2.29. The second kappa shape index (κ2) is 8.59. The number of hydrogen-bond donors (Lipinski definition) is 2. The maximum Gasteiger partial charge on any atom is 0.319 e. The van der Waals surface area contributed by atoms with E-state index in [-0.39, 0.29) is 6.03 Å². The lowest BCUT2D eigenvalue weighted by molar-refractivity contribution is 0.252. The molecule has 0 unspecified atom stereocenters. The number of carbonyl (C=O) groups is 1. The zero-order valence-electron chi connectivity index (χ0n) is 13.6. The Labute approximate surface area is 143 Å². The Bertz CT molecular complexity index is 621. The van der Waals surface area contributed by atoms with Crippen LogP contribution in [-0.2, 0) is 6.42 Å². The predicted octanol–water partition coefficient (Wildman–Crippen LogP) is 5.22. The highest BCUT2D eigenvalue weighted by Crippen LogP contribution is 2.15. The molecule has 0 saturated heterocycles. The minimum atomic E-state index is -0.192. The van der Waals surface area contributed by atoms with Crippen molar-refractivity contribution >= 4 is 23.3 Å². The zero-order chi connectivity index (χ0) is 16.7. The van der Waals surface area contributed by atoms with Gasteiger partial charge in [0.1, 0.15) is 0 Å². The third-order valence-electron chi connectivity index (χ3n) is 3.68. The van der Waals surface area contributed by atoms with Gasteiger partial charge in [-0.25, -0.2) is 4.79 Å². The van der Waals surface area contributed by atoms with Crippen LogP contribution in [0.15, 0.2) is 48.5 Å². The Morgan fingerprint density at radius 1 is 1.04 bits per heavy atom. The molecule has 0 bridgehead atoms. The molecule has 0 aliphatic heterocycles. The highest BCUT2D eigenvalue weighted by molar-refractivity contribution is 6.30. The molecule has 2 amide bonds. The summed E-state index contributed by atoms with van der Waals surface area (Å²) in [6.45, 7) is 5.03. The summed E-state index contributed by atoms with van der Waals surface area (Å²) in [4.78, 5) is 11.8. The van der Waals surface area contributed by atoms with Gasteiger partial charge in [0.05, 0.1) is 0 Å². The SMILES string of the molecule is CC(C)c1ccc(CCCNC(=O)Nc2ccc(Cl)cc2)cc1. The summed E-state index contributed by atoms with van der Waals surface area (Å²) >= 11 is 5.81. The molecule has 0 spiro atoms. The van der Waals surface area contributed by atoms with Gasteiger partial charge in [-0.15, -0.1) is 0 Å². The summed E-state index contributed by atoms with van der Waals surface area (Å²) in [6, 6.07) is 15.6. The highest BCUT2D eigenvalue weighted by atomic mass is 35.5. The van der Waals surface area contributed by atoms with Crippen LogP contribution in [0, 0.1) is 0 Å². The van der Waals surface area contributed by atoms with Gasteiger partial charge < -0.3 is 10.6 Å². The van der Waals surface area contributed by atoms with E-state index in [2.05, 4.69) is 48.7 Å². The first-order valence-electron chi connectivity index (χ1n) is 7.94. The Balaban J connectivity index is 1.68. The van der Waals surface area contributed by atoms with Gasteiger partial charge in [-0.3, -0.25) is 0 Å². The summed E-state index contributed by atoms with van der Waals surface area (Å²) in [5, 5.41) is 6.29. The molecule has 0 aliphatic carbocycles. The van der Waals surface area contributed by atoms with E-state index in [0.717, 1.165) is 18.5 Å². The first-order valence-corrected chi connectivity index (χ1v) is 8.31. The van der Waals surface area contributed by atoms with E-state index in [4.69, 9.17) is 11.6 Å². The number of aryl methyl sites for hydroxylation is 1. The van der Waals surface area contributed by atoms with Gasteiger partial charge in [-0.2, -0.15) is 0 Å². The van der Waals surface area contributed by atoms with Gasteiger partial charge in [-0.1, -0.05) is 49.7 Å². The second-order valence-electron chi connectivity index (χ2n) is 5.89. The molecule has 2 rings (SSSR count). The van der Waals surface area contributed by atoms with Crippen molar-refractivity contribution in [3.63, 3.8) is 0 Å². The van der Waals surface area contributed by atoms with Crippen molar-refractivity contribution in [2.45, 2.75) is 32.6 Å². The van der Waals surface area contributed by atoms with Crippen LogP contribution in [0.3, 0.4) is 0 Å². The maximum atomic E-state index is 11.8. The lowest BCUT2D eigenvalue weighted by Gasteiger charge is -2.09. The number of halogens is 1. The fourth-order valence-corrected chi connectivity index (χ4v) is 2.40. The summed E-state index contributed by atoms with van der Waals surface area (Å²) in [5.74, 6) is 0.558. The summed E-state index contributed by atoms with van der Waals surface area (Å²) < 4.78 is 0. The maximum absolute atomic E-state index is 11.8. The average molecular weight is 331 g/mol. The molecule has 0 saturated carbocycles. The standard InChI is InChI=1S/C19H23ClN2O/c1-14(2)16-7-5-15(6-8-16)4-3-13-21-19(23)22-18-11-9-17(20)10-12-18/h5-12,14H,3-4,13H2,1-2H3,(H2,21,22,23). The second-order valence-corrected chi connectivity index (χ2v) is 6.32. The van der Waals surface area contributed by atoms with Crippen molar-refractivity contribution in [2.24, 2.45) is 0 Å². The molecule has 0 aromatic heterocycles. The molecular weight excluding hydrogens is 308 g/mol. The smallest absolute Gasteiger partial charge is 0.319 e. The number of benzene rings is 2. The van der Waals surface area contributed by atoms with Gasteiger partial charge in [0.15, 0.2) is 0 Å². The molecular formula is C19H23ClN2O. The summed E-state index contributed by atoms with van der Waals surface area (Å²) in [5.41, 5.74) is 3.39. The van der Waals surface area contributed by atoms with Crippen LogP contribution < -0.4 is 10.6 Å². The summed E-state index contributed by atoms with van der Waals surface area (Å²) in [6.07, 6.45) is 1.87. The first-order chi connectivity index (χ1) is 11.0. The van der Waals surface area contributed by atoms with Gasteiger partial charge >= 0.3 is 6.03 Å². The van der Waals surface area contributed by atoms with Crippen LogP contribution in [0.5, 0.6) is 0 Å². The number of urea groups is 1. The van der Waals surface area contributed by atoms with Gasteiger partial charge in [0, 0.05) is 17.3 Å². The number of hydrogen-bond acceptors (Lipinski definition) is 1. The van der Waals surface area contributed by atoms with E-state index in [0.29, 0.717) is 17.5 Å². The van der Waals surface area contributed by atoms with E-state index in [9.17, 15) is 4.79 Å². The predicted molar refractivity (Wildman–Crippen MR) is 97.3 cm³/mol. The van der Waals surface area contributed by atoms with Gasteiger partial charge in [-0.05, 0) is 54.2 Å². The van der Waals surface area contributed by atoms with Crippen LogP contribution in [0.4, 0.5) is 10.5 Å². The monoisotopic (exact) mass is 330 g/mol. The number of nitrogens with one attached hydrogen (secondary N) is 2. The van der Waals surface area contributed by atoms with Gasteiger partial charge in [0.25, 0.3) is 0 Å². The lowest BCUT2D eigenvalue weighted by atomic mass is 10.0. The summed E-state index contributed by atoms with van der Waals surface area (Å²) in [7, 11) is 0. The number of carbonyl (C=O) groups excluding carboxylic acids is 1. The molecule has 0 fully saturated rings. The Kier molecular flexibility index (Phi) is 6.48. The fourth-order valence-electron chi connectivity index (χ4n) is 2.27. The van der Waals surface area contributed by atoms with E-state index in [1.54, 1.807) is 24.3 Å². The Morgan fingerprint density at radius 2 is 1.70 bits per heavy atom. The molecule has 0 radical (unpaired) electrons. The largest absolute Gasteiger partial charge is 0.338 e. The van der Waals surface area contributed by atoms with E-state index < -0.39 is 0 Å². The zero-order valence-corrected chi connectivity index (χ0v) is 14.4. The highest BCUT2D eigenvalue weighted by Gasteiger charge is 2.02. The molecule has 122 valence electrons. The van der Waals surface area contributed by atoms with Crippen molar-refractivity contribution in [3.8, 4) is 0 Å². The fraction of sp³-hybridized carbons (Fsp3) is 0.316. The van der Waals surface area contributed by atoms with E-state index >= 15 is 0 Å². The molecule has 4 heteroatoms.